The third-order valence-corrected chi connectivity index (χ3v) is 6.29. The van der Waals surface area contributed by atoms with E-state index in [1.54, 1.807) is 42.5 Å². The van der Waals surface area contributed by atoms with Crippen LogP contribution in [0.2, 0.25) is 0 Å². The lowest BCUT2D eigenvalue weighted by Crippen LogP contribution is -2.28. The van der Waals surface area contributed by atoms with Gasteiger partial charge in [-0.3, -0.25) is 4.79 Å². The van der Waals surface area contributed by atoms with Gasteiger partial charge in [0, 0.05) is 18.4 Å². The summed E-state index contributed by atoms with van der Waals surface area (Å²) in [7, 11) is 1.84. The first kappa shape index (κ1) is 24.4. The summed E-state index contributed by atoms with van der Waals surface area (Å²) in [4.78, 5) is 12.7. The van der Waals surface area contributed by atoms with Crippen LogP contribution < -0.4 is 10.1 Å². The fourth-order valence-corrected chi connectivity index (χ4v) is 4.21. The number of nitrogens with zero attached hydrogens (tertiary/aromatic N) is 3. The van der Waals surface area contributed by atoms with Crippen LogP contribution in [0.15, 0.2) is 78.0 Å². The van der Waals surface area contributed by atoms with E-state index in [2.05, 4.69) is 15.5 Å². The molecule has 6 nitrogen and oxygen atoms in total. The fraction of sp³-hybridized carbons (Fsp3) is 0.192. The van der Waals surface area contributed by atoms with Gasteiger partial charge < -0.3 is 14.6 Å². The maximum Gasteiger partial charge on any atom is 0.251 e. The van der Waals surface area contributed by atoms with E-state index in [4.69, 9.17) is 4.74 Å². The van der Waals surface area contributed by atoms with Crippen molar-refractivity contribution >= 4 is 17.7 Å². The Kier molecular flexibility index (Phi) is 7.77. The first-order valence-corrected chi connectivity index (χ1v) is 12.0. The number of benzene rings is 3. The van der Waals surface area contributed by atoms with Gasteiger partial charge in [-0.1, -0.05) is 36.0 Å². The van der Waals surface area contributed by atoms with E-state index in [1.165, 1.54) is 36.0 Å². The average Bonchev–Trinajstić information content (AvgIpc) is 3.23. The molecule has 0 aliphatic heterocycles. The molecule has 0 aliphatic carbocycles. The second-order valence-corrected chi connectivity index (χ2v) is 8.90. The molecule has 4 aromatic rings. The molecule has 1 heterocycles. The summed E-state index contributed by atoms with van der Waals surface area (Å²) in [5.41, 5.74) is 2.07. The monoisotopic (exact) mass is 494 g/mol. The van der Waals surface area contributed by atoms with Crippen molar-refractivity contribution in [2.45, 2.75) is 18.1 Å². The van der Waals surface area contributed by atoms with Crippen LogP contribution >= 0.6 is 11.8 Å². The van der Waals surface area contributed by atoms with Gasteiger partial charge in [-0.2, -0.15) is 0 Å². The molecule has 1 N–H and O–H groups in total. The summed E-state index contributed by atoms with van der Waals surface area (Å²) in [5, 5.41) is 12.1. The van der Waals surface area contributed by atoms with Crippen LogP contribution in [0.4, 0.5) is 8.78 Å². The van der Waals surface area contributed by atoms with Crippen molar-refractivity contribution in [3.05, 3.63) is 95.8 Å². The molecule has 0 spiro atoms. The minimum atomic E-state index is -0.368. The molecule has 1 amide bonds. The van der Waals surface area contributed by atoms with Gasteiger partial charge in [-0.25, -0.2) is 8.78 Å². The number of halogens is 2. The van der Waals surface area contributed by atoms with Crippen LogP contribution in [-0.2, 0) is 7.05 Å². The van der Waals surface area contributed by atoms with Gasteiger partial charge in [0.1, 0.15) is 17.4 Å². The van der Waals surface area contributed by atoms with Crippen molar-refractivity contribution in [3.8, 4) is 16.9 Å². The third-order valence-electron chi connectivity index (χ3n) is 5.31. The highest BCUT2D eigenvalue weighted by molar-refractivity contribution is 7.99. The molecule has 4 rings (SSSR count). The molecule has 0 saturated carbocycles. The lowest BCUT2D eigenvalue weighted by molar-refractivity contribution is 0.0937. The van der Waals surface area contributed by atoms with E-state index in [9.17, 15) is 13.6 Å². The first-order chi connectivity index (χ1) is 16.9. The Labute approximate surface area is 206 Å². The van der Waals surface area contributed by atoms with E-state index in [0.29, 0.717) is 34.7 Å². The van der Waals surface area contributed by atoms with Gasteiger partial charge in [0.05, 0.1) is 12.6 Å². The van der Waals surface area contributed by atoms with Crippen molar-refractivity contribution < 1.29 is 18.3 Å². The highest BCUT2D eigenvalue weighted by Gasteiger charge is 2.18. The Hall–Kier alpha value is -3.72. The largest absolute Gasteiger partial charge is 0.493 e. The summed E-state index contributed by atoms with van der Waals surface area (Å²) in [6.07, 6.45) is 0. The number of amides is 1. The average molecular weight is 495 g/mol. The fourth-order valence-electron chi connectivity index (χ4n) is 3.48. The maximum atomic E-state index is 13.5. The van der Waals surface area contributed by atoms with Crippen LogP contribution in [0.1, 0.15) is 29.1 Å². The second kappa shape index (κ2) is 11.1. The minimum absolute atomic E-state index is 0.242. The van der Waals surface area contributed by atoms with Crippen molar-refractivity contribution in [2.24, 2.45) is 7.05 Å². The highest BCUT2D eigenvalue weighted by Crippen LogP contribution is 2.22. The lowest BCUT2D eigenvalue weighted by atomic mass is 10.0. The molecule has 0 radical (unpaired) electrons. The number of nitrogens with one attached hydrogen (secondary N) is 1. The van der Waals surface area contributed by atoms with E-state index in [0.717, 1.165) is 11.1 Å². The minimum Gasteiger partial charge on any atom is -0.493 e. The number of hydrogen-bond donors (Lipinski definition) is 1. The zero-order valence-electron chi connectivity index (χ0n) is 19.2. The smallest absolute Gasteiger partial charge is 0.251 e. The van der Waals surface area contributed by atoms with Gasteiger partial charge in [0.2, 0.25) is 0 Å². The van der Waals surface area contributed by atoms with Crippen LogP contribution in [0.3, 0.4) is 0 Å². The number of hydrogen-bond acceptors (Lipinski definition) is 5. The normalized spacial score (nSPS) is 11.8. The Morgan fingerprint density at radius 3 is 2.46 bits per heavy atom. The SMILES string of the molecule is CC(NC(=O)c1ccc(-c2cccc(F)c2)cc1)c1nnc(SCCOc2ccc(F)cc2)n1C. The van der Waals surface area contributed by atoms with E-state index >= 15 is 0 Å². The molecule has 1 atom stereocenters. The molecule has 9 heteroatoms. The topological polar surface area (TPSA) is 69.0 Å². The number of ether oxygens (including phenoxy) is 1. The summed E-state index contributed by atoms with van der Waals surface area (Å²) in [6.45, 7) is 2.27. The zero-order valence-corrected chi connectivity index (χ0v) is 20.1. The Balaban J connectivity index is 1.31. The summed E-state index contributed by atoms with van der Waals surface area (Å²) < 4.78 is 33.9. The van der Waals surface area contributed by atoms with Crippen molar-refractivity contribution in [1.29, 1.82) is 0 Å². The summed E-state index contributed by atoms with van der Waals surface area (Å²) in [6, 6.07) is 18.8. The second-order valence-electron chi connectivity index (χ2n) is 7.83. The van der Waals surface area contributed by atoms with Crippen molar-refractivity contribution in [2.75, 3.05) is 12.4 Å². The molecule has 1 aromatic heterocycles. The third kappa shape index (κ3) is 6.24. The van der Waals surface area contributed by atoms with Crippen molar-refractivity contribution in [3.63, 3.8) is 0 Å². The van der Waals surface area contributed by atoms with Gasteiger partial charge in [0.25, 0.3) is 5.91 Å². The summed E-state index contributed by atoms with van der Waals surface area (Å²) in [5.74, 6) is 0.998. The quantitative estimate of drug-likeness (QED) is 0.249. The lowest BCUT2D eigenvalue weighted by Gasteiger charge is -2.14. The Bertz CT molecular complexity index is 1290. The molecule has 3 aromatic carbocycles. The molecule has 1 unspecified atom stereocenters. The molecule has 180 valence electrons. The number of carbonyl (C=O) groups is 1. The standard InChI is InChI=1S/C26H24F2N4O2S/c1-17(29-25(33)19-8-6-18(7-9-19)20-4-3-5-22(28)16-20)24-30-31-26(32(24)2)35-15-14-34-23-12-10-21(27)11-13-23/h3-13,16-17H,14-15H2,1-2H3,(H,29,33). The van der Waals surface area contributed by atoms with Gasteiger partial charge >= 0.3 is 0 Å². The predicted octanol–water partition coefficient (Wildman–Crippen LogP) is 5.42. The van der Waals surface area contributed by atoms with Crippen LogP contribution in [0, 0.1) is 11.6 Å². The number of aromatic nitrogens is 3. The number of carbonyl (C=O) groups excluding carboxylic acids is 1. The van der Waals surface area contributed by atoms with Crippen LogP contribution in [-0.4, -0.2) is 33.0 Å². The van der Waals surface area contributed by atoms with Crippen molar-refractivity contribution in [1.82, 2.24) is 20.1 Å². The Morgan fingerprint density at radius 2 is 1.74 bits per heavy atom. The molecule has 0 bridgehead atoms. The molecule has 35 heavy (non-hydrogen) atoms. The van der Waals surface area contributed by atoms with E-state index in [1.807, 2.05) is 24.6 Å². The first-order valence-electron chi connectivity index (χ1n) is 11.0. The molecule has 0 saturated heterocycles. The number of rotatable bonds is 9. The van der Waals surface area contributed by atoms with Crippen LogP contribution in [0.5, 0.6) is 5.75 Å². The van der Waals surface area contributed by atoms with E-state index in [-0.39, 0.29) is 23.6 Å². The molecule has 0 aliphatic rings. The van der Waals surface area contributed by atoms with Gasteiger partial charge in [-0.05, 0) is 66.6 Å². The predicted molar refractivity (Wildman–Crippen MR) is 131 cm³/mol. The Morgan fingerprint density at radius 1 is 1.00 bits per heavy atom. The highest BCUT2D eigenvalue weighted by atomic mass is 32.2. The maximum absolute atomic E-state index is 13.5. The van der Waals surface area contributed by atoms with Gasteiger partial charge in [0.15, 0.2) is 11.0 Å². The number of thioether (sulfide) groups is 1. The molecular formula is C26H24F2N4O2S. The summed E-state index contributed by atoms with van der Waals surface area (Å²) >= 11 is 1.47. The molecule has 0 fully saturated rings. The van der Waals surface area contributed by atoms with Gasteiger partial charge in [-0.15, -0.1) is 10.2 Å². The van der Waals surface area contributed by atoms with E-state index < -0.39 is 0 Å². The zero-order chi connectivity index (χ0) is 24.8. The molecular weight excluding hydrogens is 470 g/mol. The van der Waals surface area contributed by atoms with Crippen LogP contribution in [0.25, 0.3) is 11.1 Å².